The Labute approximate surface area is 217 Å². The molecule has 2 aromatic carbocycles. The van der Waals surface area contributed by atoms with Gasteiger partial charge < -0.3 is 19.0 Å². The van der Waals surface area contributed by atoms with E-state index in [0.29, 0.717) is 27.7 Å². The van der Waals surface area contributed by atoms with Gasteiger partial charge in [0.25, 0.3) is 5.91 Å². The summed E-state index contributed by atoms with van der Waals surface area (Å²) in [4.78, 5) is 27.4. The van der Waals surface area contributed by atoms with E-state index in [1.807, 2.05) is 41.7 Å². The topological polar surface area (TPSA) is 87.5 Å². The molecule has 8 nitrogen and oxygen atoms in total. The fraction of sp³-hybridized carbons (Fsp3) is 0.222. The van der Waals surface area contributed by atoms with Gasteiger partial charge in [-0.05, 0) is 66.9 Å². The van der Waals surface area contributed by atoms with Crippen LogP contribution in [0.5, 0.6) is 0 Å². The quantitative estimate of drug-likeness (QED) is 0.323. The average Bonchev–Trinajstić information content (AvgIpc) is 3.61. The van der Waals surface area contributed by atoms with Gasteiger partial charge in [-0.1, -0.05) is 17.7 Å². The second-order valence-electron chi connectivity index (χ2n) is 9.18. The molecular formula is C27H24ClFN6O2. The molecule has 188 valence electrons. The number of ether oxygens (including phenoxy) is 1. The Morgan fingerprint density at radius 3 is 2.81 bits per heavy atom. The van der Waals surface area contributed by atoms with Crippen LogP contribution in [0.25, 0.3) is 27.8 Å². The number of pyridine rings is 1. The third-order valence-corrected chi connectivity index (χ3v) is 7.04. The Kier molecular flexibility index (Phi) is 5.81. The van der Waals surface area contributed by atoms with Crippen LogP contribution >= 0.6 is 11.6 Å². The molecule has 1 aliphatic rings. The number of benzene rings is 2. The Morgan fingerprint density at radius 2 is 2.03 bits per heavy atom. The number of imidazole rings is 2. The zero-order valence-electron chi connectivity index (χ0n) is 20.3. The van der Waals surface area contributed by atoms with E-state index < -0.39 is 5.82 Å². The SMILES string of the molecule is CO[C@H]1CCN(c2ccc3nc(C(=O)Nc4nc5cc(-c6cc(F)cc(Cl)c6)ccc5[nH]4)cn3c2C)C1. The first-order valence-corrected chi connectivity index (χ1v) is 12.3. The lowest BCUT2D eigenvalue weighted by Crippen LogP contribution is -2.23. The molecule has 1 aliphatic heterocycles. The number of hydrogen-bond donors (Lipinski definition) is 2. The van der Waals surface area contributed by atoms with Gasteiger partial charge in [-0.15, -0.1) is 0 Å². The maximum absolute atomic E-state index is 13.8. The zero-order valence-corrected chi connectivity index (χ0v) is 21.0. The van der Waals surface area contributed by atoms with Crippen LogP contribution in [0.3, 0.4) is 0 Å². The third kappa shape index (κ3) is 4.41. The van der Waals surface area contributed by atoms with Crippen LogP contribution in [0.1, 0.15) is 22.6 Å². The van der Waals surface area contributed by atoms with Crippen molar-refractivity contribution in [3.63, 3.8) is 0 Å². The first-order chi connectivity index (χ1) is 17.9. The second kappa shape index (κ2) is 9.17. The van der Waals surface area contributed by atoms with Crippen molar-refractivity contribution in [3.8, 4) is 11.1 Å². The predicted octanol–water partition coefficient (Wildman–Crippen LogP) is 5.46. The molecule has 4 heterocycles. The van der Waals surface area contributed by atoms with Crippen molar-refractivity contribution in [3.05, 3.63) is 77.0 Å². The average molecular weight is 519 g/mol. The van der Waals surface area contributed by atoms with Gasteiger partial charge >= 0.3 is 0 Å². The molecule has 3 aromatic heterocycles. The van der Waals surface area contributed by atoms with Crippen molar-refractivity contribution in [2.45, 2.75) is 19.4 Å². The van der Waals surface area contributed by atoms with E-state index in [1.165, 1.54) is 12.1 Å². The number of carbonyl (C=O) groups excluding carboxylic acids is 1. The molecule has 0 radical (unpaired) electrons. The molecule has 0 saturated carbocycles. The first-order valence-electron chi connectivity index (χ1n) is 11.9. The van der Waals surface area contributed by atoms with E-state index in [4.69, 9.17) is 16.3 Å². The normalized spacial score (nSPS) is 15.7. The lowest BCUT2D eigenvalue weighted by molar-refractivity contribution is 0.102. The number of amides is 1. The number of H-pyrrole nitrogens is 1. The van der Waals surface area contributed by atoms with Crippen molar-refractivity contribution in [2.75, 3.05) is 30.4 Å². The van der Waals surface area contributed by atoms with E-state index in [1.54, 1.807) is 19.4 Å². The molecule has 5 aromatic rings. The first kappa shape index (κ1) is 23.4. The van der Waals surface area contributed by atoms with Crippen molar-refractivity contribution >= 4 is 45.8 Å². The highest BCUT2D eigenvalue weighted by atomic mass is 35.5. The van der Waals surface area contributed by atoms with Gasteiger partial charge in [-0.2, -0.15) is 0 Å². The molecule has 1 atom stereocenters. The maximum atomic E-state index is 13.8. The van der Waals surface area contributed by atoms with E-state index in [0.717, 1.165) is 42.0 Å². The zero-order chi connectivity index (χ0) is 25.7. The van der Waals surface area contributed by atoms with Crippen molar-refractivity contribution in [1.82, 2.24) is 19.4 Å². The van der Waals surface area contributed by atoms with Gasteiger partial charge in [-0.25, -0.2) is 14.4 Å². The third-order valence-electron chi connectivity index (χ3n) is 6.82. The summed E-state index contributed by atoms with van der Waals surface area (Å²) in [6, 6.07) is 13.8. The highest BCUT2D eigenvalue weighted by molar-refractivity contribution is 6.30. The summed E-state index contributed by atoms with van der Waals surface area (Å²) in [7, 11) is 1.74. The van der Waals surface area contributed by atoms with Crippen LogP contribution < -0.4 is 10.2 Å². The minimum atomic E-state index is -0.410. The molecule has 37 heavy (non-hydrogen) atoms. The second-order valence-corrected chi connectivity index (χ2v) is 9.62. The predicted molar refractivity (Wildman–Crippen MR) is 142 cm³/mol. The summed E-state index contributed by atoms with van der Waals surface area (Å²) < 4.78 is 21.2. The minimum Gasteiger partial charge on any atom is -0.380 e. The lowest BCUT2D eigenvalue weighted by atomic mass is 10.1. The highest BCUT2D eigenvalue weighted by Crippen LogP contribution is 2.29. The van der Waals surface area contributed by atoms with Gasteiger partial charge in [0.2, 0.25) is 5.95 Å². The number of halogens is 2. The van der Waals surface area contributed by atoms with E-state index in [2.05, 4.69) is 25.2 Å². The molecule has 2 N–H and O–H groups in total. The summed E-state index contributed by atoms with van der Waals surface area (Å²) >= 11 is 6.01. The number of nitrogens with one attached hydrogen (secondary N) is 2. The summed E-state index contributed by atoms with van der Waals surface area (Å²) in [5.74, 6) is -0.486. The number of nitrogens with zero attached hydrogens (tertiary/aromatic N) is 4. The maximum Gasteiger partial charge on any atom is 0.278 e. The van der Waals surface area contributed by atoms with Gasteiger partial charge in [0.05, 0.1) is 22.8 Å². The van der Waals surface area contributed by atoms with E-state index in [-0.39, 0.29) is 17.7 Å². The lowest BCUT2D eigenvalue weighted by Gasteiger charge is -2.21. The number of carbonyl (C=O) groups is 1. The van der Waals surface area contributed by atoms with Crippen molar-refractivity contribution < 1.29 is 13.9 Å². The van der Waals surface area contributed by atoms with Crippen molar-refractivity contribution in [1.29, 1.82) is 0 Å². The molecule has 10 heteroatoms. The van der Waals surface area contributed by atoms with Crippen LogP contribution in [-0.2, 0) is 4.74 Å². The number of aryl methyl sites for hydroxylation is 1. The standard InChI is InChI=1S/C27H24ClFN6O2/c1-15-24(34-8-7-20(13-34)37-2)5-6-25-30-23(14-35(15)25)26(36)33-27-31-21-4-3-16(11-22(21)32-27)17-9-18(28)12-19(29)10-17/h3-6,9-12,14,20H,7-8,13H2,1-2H3,(H2,31,32,33,36)/t20-/m0/s1. The molecule has 1 amide bonds. The largest absolute Gasteiger partial charge is 0.380 e. The fourth-order valence-electron chi connectivity index (χ4n) is 4.90. The minimum absolute atomic E-state index is 0.228. The summed E-state index contributed by atoms with van der Waals surface area (Å²) in [6.45, 7) is 3.78. The number of aromatic nitrogens is 4. The van der Waals surface area contributed by atoms with Crippen molar-refractivity contribution in [2.24, 2.45) is 0 Å². The van der Waals surface area contributed by atoms with Gasteiger partial charge in [0.1, 0.15) is 17.2 Å². The van der Waals surface area contributed by atoms with Crippen LogP contribution in [0.15, 0.2) is 54.7 Å². The number of anilines is 2. The van der Waals surface area contributed by atoms with Gasteiger partial charge in [0, 0.05) is 37.1 Å². The molecule has 0 unspecified atom stereocenters. The molecule has 1 fully saturated rings. The van der Waals surface area contributed by atoms with Gasteiger partial charge in [0.15, 0.2) is 0 Å². The highest BCUT2D eigenvalue weighted by Gasteiger charge is 2.24. The molecular weight excluding hydrogens is 495 g/mol. The van der Waals surface area contributed by atoms with Crippen LogP contribution in [0, 0.1) is 12.7 Å². The van der Waals surface area contributed by atoms with E-state index in [9.17, 15) is 9.18 Å². The molecule has 1 saturated heterocycles. The number of hydrogen-bond acceptors (Lipinski definition) is 5. The number of fused-ring (bicyclic) bond motifs is 2. The molecule has 0 spiro atoms. The summed E-state index contributed by atoms with van der Waals surface area (Å²) in [5, 5.41) is 3.12. The smallest absolute Gasteiger partial charge is 0.278 e. The Hall–Kier alpha value is -3.95. The Balaban J connectivity index is 1.24. The Morgan fingerprint density at radius 1 is 1.16 bits per heavy atom. The van der Waals surface area contributed by atoms with Crippen LogP contribution in [-0.4, -0.2) is 51.6 Å². The summed E-state index contributed by atoms with van der Waals surface area (Å²) in [6.07, 6.45) is 2.95. The number of methoxy groups -OCH3 is 1. The molecule has 6 rings (SSSR count). The fourth-order valence-corrected chi connectivity index (χ4v) is 5.12. The van der Waals surface area contributed by atoms with Crippen LogP contribution in [0.2, 0.25) is 5.02 Å². The number of aromatic amines is 1. The Bertz CT molecular complexity index is 1640. The van der Waals surface area contributed by atoms with E-state index >= 15 is 0 Å². The van der Waals surface area contributed by atoms with Crippen LogP contribution in [0.4, 0.5) is 16.0 Å². The number of rotatable bonds is 5. The molecule has 0 bridgehead atoms. The summed E-state index contributed by atoms with van der Waals surface area (Å²) in [5.41, 5.74) is 5.86. The van der Waals surface area contributed by atoms with Gasteiger partial charge in [-0.3, -0.25) is 10.1 Å². The molecule has 0 aliphatic carbocycles. The monoisotopic (exact) mass is 518 g/mol.